The highest BCUT2D eigenvalue weighted by Crippen LogP contribution is 2.49. The summed E-state index contributed by atoms with van der Waals surface area (Å²) in [5.41, 5.74) is 2.61. The van der Waals surface area contributed by atoms with E-state index < -0.39 is 5.41 Å². The zero-order chi connectivity index (χ0) is 23.7. The van der Waals surface area contributed by atoms with Crippen molar-refractivity contribution in [1.29, 1.82) is 0 Å². The molecular weight excluding hydrogens is 434 g/mol. The molecule has 2 fully saturated rings. The molecule has 1 aliphatic carbocycles. The number of ether oxygens (including phenoxy) is 2. The zero-order valence-corrected chi connectivity index (χ0v) is 19.7. The summed E-state index contributed by atoms with van der Waals surface area (Å²) in [5, 5.41) is 5.77. The molecule has 3 aliphatic rings. The molecule has 1 aromatic carbocycles. The van der Waals surface area contributed by atoms with Crippen LogP contribution in [0.3, 0.4) is 0 Å². The number of hydrogen-bond donors (Lipinski definition) is 2. The Kier molecular flexibility index (Phi) is 6.22. The highest BCUT2D eigenvalue weighted by atomic mass is 16.5. The molecule has 2 unspecified atom stereocenters. The number of rotatable bonds is 7. The molecule has 2 aliphatic heterocycles. The van der Waals surface area contributed by atoms with Gasteiger partial charge in [-0.2, -0.15) is 0 Å². The van der Waals surface area contributed by atoms with Gasteiger partial charge in [0, 0.05) is 50.1 Å². The van der Waals surface area contributed by atoms with Gasteiger partial charge in [0.2, 0.25) is 5.91 Å². The first-order valence-corrected chi connectivity index (χ1v) is 11.9. The fraction of sp³-hybridized carbons (Fsp3) is 0.520. The number of urea groups is 1. The van der Waals surface area contributed by atoms with Crippen molar-refractivity contribution in [2.45, 2.75) is 44.6 Å². The van der Waals surface area contributed by atoms with Crippen molar-refractivity contribution in [2.24, 2.45) is 5.41 Å². The molecule has 3 amide bonds. The Morgan fingerprint density at radius 1 is 1.26 bits per heavy atom. The highest BCUT2D eigenvalue weighted by Gasteiger charge is 2.52. The highest BCUT2D eigenvalue weighted by molar-refractivity contribution is 6.01. The van der Waals surface area contributed by atoms with Gasteiger partial charge in [-0.15, -0.1) is 0 Å². The summed E-state index contributed by atoms with van der Waals surface area (Å²) in [6.45, 7) is 4.11. The Hall–Kier alpha value is -3.04. The molecule has 1 aromatic heterocycles. The van der Waals surface area contributed by atoms with E-state index in [4.69, 9.17) is 14.5 Å². The standard InChI is InChI=1S/C25H31N5O4/c1-25-15-34-13-10-19(25)21-20(30(23(25)31)11-3-12-33-2)14-26-22(29-21)16-4-6-17(7-5-16)27-24(32)28-18-8-9-18/h4-7,14,18-19H,3,8-13,15H2,1-2H3,(H2,27,28,32). The average molecular weight is 466 g/mol. The lowest BCUT2D eigenvalue weighted by Gasteiger charge is -2.47. The molecule has 2 aromatic rings. The molecule has 3 heterocycles. The molecule has 5 rings (SSSR count). The van der Waals surface area contributed by atoms with Crippen LogP contribution in [-0.4, -0.2) is 61.4 Å². The number of anilines is 2. The summed E-state index contributed by atoms with van der Waals surface area (Å²) in [6.07, 6.45) is 5.34. The van der Waals surface area contributed by atoms with Gasteiger partial charge < -0.3 is 25.0 Å². The van der Waals surface area contributed by atoms with Gasteiger partial charge in [-0.1, -0.05) is 0 Å². The Morgan fingerprint density at radius 2 is 2.06 bits per heavy atom. The largest absolute Gasteiger partial charge is 0.385 e. The summed E-state index contributed by atoms with van der Waals surface area (Å²) in [5.74, 6) is 0.654. The van der Waals surface area contributed by atoms with Crippen molar-refractivity contribution in [3.8, 4) is 11.4 Å². The SMILES string of the molecule is COCCCN1C(=O)C2(C)COCCC2c2nc(-c3ccc(NC(=O)NC4CC4)cc3)ncc21. The predicted octanol–water partition coefficient (Wildman–Crippen LogP) is 3.32. The Labute approximate surface area is 199 Å². The van der Waals surface area contributed by atoms with E-state index >= 15 is 0 Å². The third kappa shape index (κ3) is 4.37. The molecule has 2 atom stereocenters. The average Bonchev–Trinajstić information content (AvgIpc) is 3.65. The van der Waals surface area contributed by atoms with E-state index in [0.29, 0.717) is 43.9 Å². The van der Waals surface area contributed by atoms with Crippen LogP contribution in [0.25, 0.3) is 11.4 Å². The first-order chi connectivity index (χ1) is 16.5. The van der Waals surface area contributed by atoms with Gasteiger partial charge in [-0.05, 0) is 56.9 Å². The first kappa shape index (κ1) is 22.7. The van der Waals surface area contributed by atoms with E-state index in [-0.39, 0.29) is 17.9 Å². The molecule has 9 heteroatoms. The number of fused-ring (bicyclic) bond motifs is 3. The number of nitrogens with zero attached hydrogens (tertiary/aromatic N) is 3. The third-order valence-electron chi connectivity index (χ3n) is 6.92. The van der Waals surface area contributed by atoms with Gasteiger partial charge in [0.05, 0.1) is 29.6 Å². The van der Waals surface area contributed by atoms with Crippen molar-refractivity contribution in [2.75, 3.05) is 43.7 Å². The Morgan fingerprint density at radius 3 is 2.79 bits per heavy atom. The van der Waals surface area contributed by atoms with E-state index in [0.717, 1.165) is 42.6 Å². The summed E-state index contributed by atoms with van der Waals surface area (Å²) in [7, 11) is 1.66. The van der Waals surface area contributed by atoms with Gasteiger partial charge in [0.25, 0.3) is 0 Å². The minimum absolute atomic E-state index is 0.0174. The van der Waals surface area contributed by atoms with Gasteiger partial charge in [0.15, 0.2) is 5.82 Å². The second kappa shape index (κ2) is 9.31. The van der Waals surface area contributed by atoms with Crippen LogP contribution in [-0.2, 0) is 14.3 Å². The maximum absolute atomic E-state index is 13.5. The van der Waals surface area contributed by atoms with Crippen LogP contribution < -0.4 is 15.5 Å². The van der Waals surface area contributed by atoms with E-state index in [1.54, 1.807) is 18.2 Å². The number of nitrogens with one attached hydrogen (secondary N) is 2. The lowest BCUT2D eigenvalue weighted by Crippen LogP contribution is -2.55. The smallest absolute Gasteiger partial charge is 0.319 e. The van der Waals surface area contributed by atoms with Gasteiger partial charge in [-0.3, -0.25) is 4.79 Å². The number of benzene rings is 1. The second-order valence-corrected chi connectivity index (χ2v) is 9.53. The van der Waals surface area contributed by atoms with Crippen molar-refractivity contribution in [3.05, 3.63) is 36.2 Å². The summed E-state index contributed by atoms with van der Waals surface area (Å²) in [4.78, 5) is 36.9. The van der Waals surface area contributed by atoms with E-state index in [9.17, 15) is 9.59 Å². The first-order valence-electron chi connectivity index (χ1n) is 11.9. The van der Waals surface area contributed by atoms with Crippen LogP contribution in [0.2, 0.25) is 0 Å². The fourth-order valence-corrected chi connectivity index (χ4v) is 4.84. The maximum Gasteiger partial charge on any atom is 0.319 e. The van der Waals surface area contributed by atoms with Gasteiger partial charge in [0.1, 0.15) is 0 Å². The van der Waals surface area contributed by atoms with E-state index in [1.165, 1.54) is 0 Å². The van der Waals surface area contributed by atoms with Crippen molar-refractivity contribution in [1.82, 2.24) is 15.3 Å². The Bertz CT molecular complexity index is 1070. The minimum Gasteiger partial charge on any atom is -0.385 e. The molecule has 0 bridgehead atoms. The quantitative estimate of drug-likeness (QED) is 0.608. The van der Waals surface area contributed by atoms with E-state index in [2.05, 4.69) is 15.6 Å². The molecule has 1 saturated heterocycles. The number of hydrogen-bond acceptors (Lipinski definition) is 6. The van der Waals surface area contributed by atoms with Crippen molar-refractivity contribution >= 4 is 23.3 Å². The topological polar surface area (TPSA) is 106 Å². The normalized spacial score (nSPS) is 23.8. The molecule has 1 saturated carbocycles. The molecule has 34 heavy (non-hydrogen) atoms. The van der Waals surface area contributed by atoms with Gasteiger partial charge >= 0.3 is 6.03 Å². The van der Waals surface area contributed by atoms with Crippen LogP contribution in [0.1, 0.15) is 44.2 Å². The van der Waals surface area contributed by atoms with Crippen molar-refractivity contribution < 1.29 is 19.1 Å². The van der Waals surface area contributed by atoms with E-state index in [1.807, 2.05) is 31.2 Å². The van der Waals surface area contributed by atoms with Crippen molar-refractivity contribution in [3.63, 3.8) is 0 Å². The molecular formula is C25H31N5O4. The number of amides is 3. The summed E-state index contributed by atoms with van der Waals surface area (Å²) >= 11 is 0. The summed E-state index contributed by atoms with van der Waals surface area (Å²) < 4.78 is 10.9. The lowest BCUT2D eigenvalue weighted by molar-refractivity contribution is -0.138. The number of methoxy groups -OCH3 is 1. The molecule has 2 N–H and O–H groups in total. The third-order valence-corrected chi connectivity index (χ3v) is 6.92. The Balaban J connectivity index is 1.42. The van der Waals surface area contributed by atoms with Gasteiger partial charge in [-0.25, -0.2) is 14.8 Å². The lowest BCUT2D eigenvalue weighted by atomic mass is 9.69. The second-order valence-electron chi connectivity index (χ2n) is 9.53. The van der Waals surface area contributed by atoms with Crippen LogP contribution >= 0.6 is 0 Å². The fourth-order valence-electron chi connectivity index (χ4n) is 4.84. The molecule has 0 spiro atoms. The van der Waals surface area contributed by atoms with Crippen LogP contribution in [0, 0.1) is 5.41 Å². The number of carbonyl (C=O) groups is 2. The van der Waals surface area contributed by atoms with Crippen LogP contribution in [0.4, 0.5) is 16.2 Å². The minimum atomic E-state index is -0.646. The molecule has 180 valence electrons. The monoisotopic (exact) mass is 465 g/mol. The summed E-state index contributed by atoms with van der Waals surface area (Å²) in [6, 6.07) is 7.63. The molecule has 0 radical (unpaired) electrons. The van der Waals surface area contributed by atoms with Crippen LogP contribution in [0.15, 0.2) is 30.5 Å². The zero-order valence-electron chi connectivity index (χ0n) is 19.7. The molecule has 9 nitrogen and oxygen atoms in total. The van der Waals surface area contributed by atoms with Crippen LogP contribution in [0.5, 0.6) is 0 Å². The predicted molar refractivity (Wildman–Crippen MR) is 128 cm³/mol. The number of aromatic nitrogens is 2. The number of carbonyl (C=O) groups excluding carboxylic acids is 2. The maximum atomic E-state index is 13.5.